The summed E-state index contributed by atoms with van der Waals surface area (Å²) >= 11 is 0. The van der Waals surface area contributed by atoms with E-state index in [-0.39, 0.29) is 36.3 Å². The Morgan fingerprint density at radius 3 is 2.72 bits per heavy atom. The number of amidine groups is 1. The van der Waals surface area contributed by atoms with E-state index in [0.29, 0.717) is 0 Å². The predicted molar refractivity (Wildman–Crippen MR) is 71.1 cm³/mol. The Balaban J connectivity index is 2.47. The van der Waals surface area contributed by atoms with Crippen LogP contribution in [0.2, 0.25) is 0 Å². The van der Waals surface area contributed by atoms with Crippen molar-refractivity contribution in [1.82, 2.24) is 4.72 Å². The lowest BCUT2D eigenvalue weighted by Gasteiger charge is -2.19. The van der Waals surface area contributed by atoms with E-state index in [9.17, 15) is 8.42 Å². The Morgan fingerprint density at radius 2 is 2.17 bits per heavy atom. The standard InChI is InChI=1S/C11H23N3O3S/c1-8(2)17-6-7-18(15,16)14-10-5-3-4-9(10)11(12)13/h8-10,14H,3-7H2,1-2H3,(H3,12,13). The fourth-order valence-corrected chi connectivity index (χ4v) is 3.33. The molecule has 0 aliphatic heterocycles. The molecular formula is C11H23N3O3S. The molecule has 7 heteroatoms. The minimum absolute atomic E-state index is 0.0247. The number of ether oxygens (including phenoxy) is 1. The van der Waals surface area contributed by atoms with E-state index < -0.39 is 10.0 Å². The van der Waals surface area contributed by atoms with Gasteiger partial charge < -0.3 is 10.5 Å². The van der Waals surface area contributed by atoms with E-state index >= 15 is 0 Å². The van der Waals surface area contributed by atoms with Crippen LogP contribution < -0.4 is 10.5 Å². The summed E-state index contributed by atoms with van der Waals surface area (Å²) in [5.41, 5.74) is 5.47. The van der Waals surface area contributed by atoms with Crippen molar-refractivity contribution in [3.05, 3.63) is 0 Å². The molecule has 0 radical (unpaired) electrons. The van der Waals surface area contributed by atoms with Crippen LogP contribution in [0.4, 0.5) is 0 Å². The Labute approximate surface area is 109 Å². The molecule has 0 aromatic heterocycles. The van der Waals surface area contributed by atoms with Gasteiger partial charge in [-0.3, -0.25) is 5.41 Å². The van der Waals surface area contributed by atoms with Gasteiger partial charge in [-0.25, -0.2) is 13.1 Å². The zero-order valence-corrected chi connectivity index (χ0v) is 11.8. The lowest BCUT2D eigenvalue weighted by atomic mass is 10.0. The van der Waals surface area contributed by atoms with Crippen LogP contribution in [0.15, 0.2) is 0 Å². The monoisotopic (exact) mass is 277 g/mol. The Morgan fingerprint density at radius 1 is 1.50 bits per heavy atom. The molecule has 1 rings (SSSR count). The molecule has 0 spiro atoms. The van der Waals surface area contributed by atoms with E-state index in [0.717, 1.165) is 19.3 Å². The Kier molecular flexibility index (Phi) is 5.55. The summed E-state index contributed by atoms with van der Waals surface area (Å²) in [4.78, 5) is 0. The van der Waals surface area contributed by atoms with Gasteiger partial charge in [0, 0.05) is 12.0 Å². The lowest BCUT2D eigenvalue weighted by molar-refractivity contribution is 0.0911. The highest BCUT2D eigenvalue weighted by atomic mass is 32.2. The molecule has 0 heterocycles. The van der Waals surface area contributed by atoms with Crippen molar-refractivity contribution >= 4 is 15.9 Å². The molecule has 0 saturated heterocycles. The van der Waals surface area contributed by atoms with Crippen LogP contribution >= 0.6 is 0 Å². The Hall–Kier alpha value is -0.660. The van der Waals surface area contributed by atoms with Crippen LogP contribution in [0.25, 0.3) is 0 Å². The summed E-state index contributed by atoms with van der Waals surface area (Å²) in [6.45, 7) is 3.91. The molecule has 0 bridgehead atoms. The maximum Gasteiger partial charge on any atom is 0.214 e. The molecule has 1 fully saturated rings. The van der Waals surface area contributed by atoms with Gasteiger partial charge in [0.2, 0.25) is 10.0 Å². The Bertz CT molecular complexity index is 381. The van der Waals surface area contributed by atoms with Gasteiger partial charge in [0.1, 0.15) is 0 Å². The minimum atomic E-state index is -3.35. The number of hydrogen-bond donors (Lipinski definition) is 3. The van der Waals surface area contributed by atoms with Gasteiger partial charge in [0.15, 0.2) is 0 Å². The maximum atomic E-state index is 11.8. The van der Waals surface area contributed by atoms with Crippen molar-refractivity contribution in [2.45, 2.75) is 45.3 Å². The average Bonchev–Trinajstić information content (AvgIpc) is 2.63. The third-order valence-corrected chi connectivity index (χ3v) is 4.42. The highest BCUT2D eigenvalue weighted by Crippen LogP contribution is 2.25. The van der Waals surface area contributed by atoms with Crippen molar-refractivity contribution in [1.29, 1.82) is 5.41 Å². The summed E-state index contributed by atoms with van der Waals surface area (Å²) in [5, 5.41) is 7.44. The summed E-state index contributed by atoms with van der Waals surface area (Å²) in [7, 11) is -3.35. The second-order valence-electron chi connectivity index (χ2n) is 4.96. The fourth-order valence-electron chi connectivity index (χ4n) is 2.16. The van der Waals surface area contributed by atoms with E-state index in [1.54, 1.807) is 0 Å². The number of nitrogens with one attached hydrogen (secondary N) is 2. The highest BCUT2D eigenvalue weighted by molar-refractivity contribution is 7.89. The van der Waals surface area contributed by atoms with Crippen molar-refractivity contribution in [3.63, 3.8) is 0 Å². The van der Waals surface area contributed by atoms with E-state index in [4.69, 9.17) is 15.9 Å². The topological polar surface area (TPSA) is 105 Å². The molecule has 1 aliphatic carbocycles. The first-order chi connectivity index (χ1) is 8.32. The van der Waals surface area contributed by atoms with Gasteiger partial charge in [-0.2, -0.15) is 0 Å². The molecule has 18 heavy (non-hydrogen) atoms. The summed E-state index contributed by atoms with van der Waals surface area (Å²) in [5.74, 6) is -0.142. The normalized spacial score (nSPS) is 24.6. The van der Waals surface area contributed by atoms with E-state index in [1.165, 1.54) is 0 Å². The molecule has 6 nitrogen and oxygen atoms in total. The zero-order valence-electron chi connectivity index (χ0n) is 11.0. The quantitative estimate of drug-likeness (QED) is 0.463. The van der Waals surface area contributed by atoms with Gasteiger partial charge in [-0.1, -0.05) is 6.42 Å². The summed E-state index contributed by atoms with van der Waals surface area (Å²) < 4.78 is 31.5. The zero-order chi connectivity index (χ0) is 13.8. The largest absolute Gasteiger partial charge is 0.387 e. The van der Waals surface area contributed by atoms with Gasteiger partial charge >= 0.3 is 0 Å². The van der Waals surface area contributed by atoms with Crippen molar-refractivity contribution in [2.24, 2.45) is 11.7 Å². The fraction of sp³-hybridized carbons (Fsp3) is 0.909. The predicted octanol–water partition coefficient (Wildman–Crippen LogP) is 0.435. The van der Waals surface area contributed by atoms with Crippen LogP contribution in [0.5, 0.6) is 0 Å². The van der Waals surface area contributed by atoms with Crippen molar-refractivity contribution < 1.29 is 13.2 Å². The maximum absolute atomic E-state index is 11.8. The van der Waals surface area contributed by atoms with Gasteiger partial charge in [0.25, 0.3) is 0 Å². The average molecular weight is 277 g/mol. The summed E-state index contributed by atoms with van der Waals surface area (Å²) in [6, 6.07) is -0.230. The second kappa shape index (κ2) is 6.49. The minimum Gasteiger partial charge on any atom is -0.387 e. The first-order valence-electron chi connectivity index (χ1n) is 6.27. The third kappa shape index (κ3) is 4.91. The molecule has 2 atom stereocenters. The van der Waals surface area contributed by atoms with E-state index in [2.05, 4.69) is 4.72 Å². The van der Waals surface area contributed by atoms with Crippen LogP contribution in [0.1, 0.15) is 33.1 Å². The molecule has 0 aromatic carbocycles. The highest BCUT2D eigenvalue weighted by Gasteiger charge is 2.32. The third-order valence-electron chi connectivity index (χ3n) is 3.05. The van der Waals surface area contributed by atoms with Crippen molar-refractivity contribution in [2.75, 3.05) is 12.4 Å². The van der Waals surface area contributed by atoms with Crippen LogP contribution in [-0.4, -0.2) is 38.8 Å². The lowest BCUT2D eigenvalue weighted by Crippen LogP contribution is -2.43. The first-order valence-corrected chi connectivity index (χ1v) is 7.92. The molecule has 106 valence electrons. The number of sulfonamides is 1. The molecular weight excluding hydrogens is 254 g/mol. The van der Waals surface area contributed by atoms with Gasteiger partial charge in [-0.05, 0) is 26.7 Å². The van der Waals surface area contributed by atoms with Crippen LogP contribution in [-0.2, 0) is 14.8 Å². The van der Waals surface area contributed by atoms with Gasteiger partial charge in [0.05, 0.1) is 24.3 Å². The number of rotatable bonds is 7. The second-order valence-corrected chi connectivity index (χ2v) is 6.83. The smallest absolute Gasteiger partial charge is 0.214 e. The van der Waals surface area contributed by atoms with Crippen molar-refractivity contribution in [3.8, 4) is 0 Å². The first kappa shape index (κ1) is 15.4. The molecule has 1 saturated carbocycles. The molecule has 0 amide bonds. The number of hydrogen-bond acceptors (Lipinski definition) is 4. The van der Waals surface area contributed by atoms with Gasteiger partial charge in [-0.15, -0.1) is 0 Å². The molecule has 1 aliphatic rings. The molecule has 4 N–H and O–H groups in total. The molecule has 2 unspecified atom stereocenters. The number of nitrogens with two attached hydrogens (primary N) is 1. The van der Waals surface area contributed by atoms with Crippen LogP contribution in [0, 0.1) is 11.3 Å². The van der Waals surface area contributed by atoms with E-state index in [1.807, 2.05) is 13.8 Å². The summed E-state index contributed by atoms with van der Waals surface area (Å²) in [6.07, 6.45) is 2.45. The molecule has 0 aromatic rings. The van der Waals surface area contributed by atoms with Crippen LogP contribution in [0.3, 0.4) is 0 Å². The SMILES string of the molecule is CC(C)OCCS(=O)(=O)NC1CCCC1C(=N)N.